The zero-order valence-corrected chi connectivity index (χ0v) is 11.7. The summed E-state index contributed by atoms with van der Waals surface area (Å²) >= 11 is 0. The van der Waals surface area contributed by atoms with Crippen molar-refractivity contribution in [2.75, 3.05) is 6.54 Å². The summed E-state index contributed by atoms with van der Waals surface area (Å²) in [6, 6.07) is 5.28. The molecule has 7 heteroatoms. The van der Waals surface area contributed by atoms with Crippen molar-refractivity contribution in [2.24, 2.45) is 7.05 Å². The molecule has 3 rings (SSSR count). The Kier molecular flexibility index (Phi) is 3.25. The average Bonchev–Trinajstić information content (AvgIpc) is 3.17. The summed E-state index contributed by atoms with van der Waals surface area (Å²) in [5.41, 5.74) is 1.26. The monoisotopic (exact) mass is 288 g/mol. The smallest absolute Gasteiger partial charge is 0.287 e. The molecule has 0 unspecified atom stereocenters. The van der Waals surface area contributed by atoms with Crippen molar-refractivity contribution >= 4 is 11.6 Å². The highest BCUT2D eigenvalue weighted by molar-refractivity contribution is 5.93. The van der Waals surface area contributed by atoms with Gasteiger partial charge in [-0.1, -0.05) is 0 Å². The molecule has 1 fully saturated rings. The normalized spacial score (nSPS) is 18.1. The molecule has 0 saturated carbocycles. The van der Waals surface area contributed by atoms with E-state index in [0.717, 1.165) is 18.5 Å². The van der Waals surface area contributed by atoms with Gasteiger partial charge in [-0.25, -0.2) is 0 Å². The molecule has 1 aliphatic rings. The SMILES string of the molecule is Cn1cccc1[C@@H]1CCCN1C(=O)c1cc([N+](=O)[O-])c[nH]1. The lowest BCUT2D eigenvalue weighted by molar-refractivity contribution is -0.384. The summed E-state index contributed by atoms with van der Waals surface area (Å²) in [7, 11) is 1.95. The number of aromatic amines is 1. The van der Waals surface area contributed by atoms with E-state index in [4.69, 9.17) is 0 Å². The molecule has 0 radical (unpaired) electrons. The van der Waals surface area contributed by atoms with Gasteiger partial charge in [-0.3, -0.25) is 14.9 Å². The Labute approximate surface area is 121 Å². The highest BCUT2D eigenvalue weighted by Gasteiger charge is 2.32. The van der Waals surface area contributed by atoms with Crippen molar-refractivity contribution in [1.82, 2.24) is 14.5 Å². The molecule has 7 nitrogen and oxygen atoms in total. The lowest BCUT2D eigenvalue weighted by Gasteiger charge is -2.24. The zero-order chi connectivity index (χ0) is 15.0. The minimum Gasteiger partial charge on any atom is -0.353 e. The first kappa shape index (κ1) is 13.4. The first-order valence-electron chi connectivity index (χ1n) is 6.83. The maximum absolute atomic E-state index is 12.6. The van der Waals surface area contributed by atoms with E-state index < -0.39 is 4.92 Å². The molecule has 110 valence electrons. The molecule has 2 aromatic rings. The Bertz CT molecular complexity index is 688. The summed E-state index contributed by atoms with van der Waals surface area (Å²) in [6.07, 6.45) is 5.05. The number of rotatable bonds is 3. The standard InChI is InChI=1S/C14H16N4O3/c1-16-6-2-4-12(16)13-5-3-7-17(13)14(19)11-8-10(9-15-11)18(20)21/h2,4,6,8-9,13,15H,3,5,7H2,1H3/t13-/m0/s1. The molecule has 0 bridgehead atoms. The number of aryl methyl sites for hydroxylation is 1. The van der Waals surface area contributed by atoms with Crippen molar-refractivity contribution in [3.05, 3.63) is 52.1 Å². The van der Waals surface area contributed by atoms with E-state index in [-0.39, 0.29) is 23.3 Å². The van der Waals surface area contributed by atoms with Crippen LogP contribution in [0.15, 0.2) is 30.6 Å². The molecule has 1 aliphatic heterocycles. The number of carbonyl (C=O) groups is 1. The highest BCUT2D eigenvalue weighted by Crippen LogP contribution is 2.33. The summed E-state index contributed by atoms with van der Waals surface area (Å²) in [4.78, 5) is 27.3. The largest absolute Gasteiger partial charge is 0.353 e. The Morgan fingerprint density at radius 2 is 2.33 bits per heavy atom. The number of nitrogens with zero attached hydrogens (tertiary/aromatic N) is 3. The third-order valence-electron chi connectivity index (χ3n) is 3.95. The molecule has 2 aromatic heterocycles. The third kappa shape index (κ3) is 2.31. The van der Waals surface area contributed by atoms with Gasteiger partial charge in [-0.05, 0) is 25.0 Å². The minimum absolute atomic E-state index is 0.0276. The van der Waals surface area contributed by atoms with Gasteiger partial charge in [0.05, 0.1) is 17.2 Å². The quantitative estimate of drug-likeness (QED) is 0.694. The van der Waals surface area contributed by atoms with Crippen LogP contribution in [0.4, 0.5) is 5.69 Å². The number of amides is 1. The van der Waals surface area contributed by atoms with Crippen molar-refractivity contribution in [3.8, 4) is 0 Å². The summed E-state index contributed by atoms with van der Waals surface area (Å²) < 4.78 is 2.01. The fourth-order valence-electron chi connectivity index (χ4n) is 2.90. The summed E-state index contributed by atoms with van der Waals surface area (Å²) in [6.45, 7) is 0.668. The van der Waals surface area contributed by atoms with Gasteiger partial charge in [0, 0.05) is 31.5 Å². The average molecular weight is 288 g/mol. The van der Waals surface area contributed by atoms with E-state index in [0.29, 0.717) is 6.54 Å². The molecule has 1 atom stereocenters. The number of hydrogen-bond acceptors (Lipinski definition) is 3. The highest BCUT2D eigenvalue weighted by atomic mass is 16.6. The van der Waals surface area contributed by atoms with Crippen molar-refractivity contribution in [3.63, 3.8) is 0 Å². The molecule has 3 heterocycles. The number of nitro groups is 1. The second kappa shape index (κ2) is 5.08. The number of nitrogens with one attached hydrogen (secondary N) is 1. The number of aromatic nitrogens is 2. The Morgan fingerprint density at radius 3 is 2.95 bits per heavy atom. The van der Waals surface area contributed by atoms with Crippen molar-refractivity contribution < 1.29 is 9.72 Å². The van der Waals surface area contributed by atoms with Gasteiger partial charge < -0.3 is 14.5 Å². The van der Waals surface area contributed by atoms with Gasteiger partial charge in [0.1, 0.15) is 5.69 Å². The van der Waals surface area contributed by atoms with Crippen LogP contribution in [0.5, 0.6) is 0 Å². The second-order valence-corrected chi connectivity index (χ2v) is 5.23. The van der Waals surface area contributed by atoms with Gasteiger partial charge in [0.15, 0.2) is 0 Å². The molecular weight excluding hydrogens is 272 g/mol. The lowest BCUT2D eigenvalue weighted by Crippen LogP contribution is -2.31. The molecule has 1 N–H and O–H groups in total. The zero-order valence-electron chi connectivity index (χ0n) is 11.7. The molecule has 21 heavy (non-hydrogen) atoms. The molecule has 0 spiro atoms. The van der Waals surface area contributed by atoms with E-state index >= 15 is 0 Å². The number of carbonyl (C=O) groups excluding carboxylic acids is 1. The number of likely N-dealkylation sites (tertiary alicyclic amines) is 1. The molecule has 1 saturated heterocycles. The van der Waals surface area contributed by atoms with Crippen molar-refractivity contribution in [2.45, 2.75) is 18.9 Å². The van der Waals surface area contributed by atoms with Crippen LogP contribution >= 0.6 is 0 Å². The van der Waals surface area contributed by atoms with E-state index in [9.17, 15) is 14.9 Å². The van der Waals surface area contributed by atoms with E-state index in [1.165, 1.54) is 12.3 Å². The maximum Gasteiger partial charge on any atom is 0.287 e. The summed E-state index contributed by atoms with van der Waals surface area (Å²) in [5.74, 6) is -0.188. The van der Waals surface area contributed by atoms with Gasteiger partial charge >= 0.3 is 0 Å². The molecule has 0 aliphatic carbocycles. The number of hydrogen-bond donors (Lipinski definition) is 1. The summed E-state index contributed by atoms with van der Waals surface area (Å²) in [5, 5.41) is 10.7. The molecule has 0 aromatic carbocycles. The van der Waals surface area contributed by atoms with Gasteiger partial charge in [-0.2, -0.15) is 0 Å². The second-order valence-electron chi connectivity index (χ2n) is 5.23. The molecular formula is C14H16N4O3. The van der Waals surface area contributed by atoms with E-state index in [1.54, 1.807) is 4.90 Å². The van der Waals surface area contributed by atoms with Crippen LogP contribution in [-0.2, 0) is 7.05 Å². The van der Waals surface area contributed by atoms with Crippen LogP contribution in [0, 0.1) is 10.1 Å². The third-order valence-corrected chi connectivity index (χ3v) is 3.95. The van der Waals surface area contributed by atoms with Crippen LogP contribution in [-0.4, -0.2) is 31.8 Å². The van der Waals surface area contributed by atoms with Crippen LogP contribution < -0.4 is 0 Å². The molecule has 1 amide bonds. The van der Waals surface area contributed by atoms with Gasteiger partial charge in [0.25, 0.3) is 11.6 Å². The maximum atomic E-state index is 12.6. The van der Waals surface area contributed by atoms with Crippen LogP contribution in [0.25, 0.3) is 0 Å². The van der Waals surface area contributed by atoms with Crippen molar-refractivity contribution in [1.29, 1.82) is 0 Å². The lowest BCUT2D eigenvalue weighted by atomic mass is 10.1. The topological polar surface area (TPSA) is 84.2 Å². The Morgan fingerprint density at radius 1 is 1.52 bits per heavy atom. The van der Waals surface area contributed by atoms with Crippen LogP contribution in [0.1, 0.15) is 35.1 Å². The van der Waals surface area contributed by atoms with E-state index in [2.05, 4.69) is 4.98 Å². The first-order valence-corrected chi connectivity index (χ1v) is 6.83. The Balaban J connectivity index is 1.86. The predicted molar refractivity (Wildman–Crippen MR) is 75.9 cm³/mol. The van der Waals surface area contributed by atoms with Gasteiger partial charge in [-0.15, -0.1) is 0 Å². The van der Waals surface area contributed by atoms with Crippen LogP contribution in [0.2, 0.25) is 0 Å². The fraction of sp³-hybridized carbons (Fsp3) is 0.357. The van der Waals surface area contributed by atoms with E-state index in [1.807, 2.05) is 29.9 Å². The predicted octanol–water partition coefficient (Wildman–Crippen LogP) is 2.24. The van der Waals surface area contributed by atoms with Gasteiger partial charge in [0.2, 0.25) is 0 Å². The first-order chi connectivity index (χ1) is 10.1. The minimum atomic E-state index is -0.508. The van der Waals surface area contributed by atoms with Crippen LogP contribution in [0.3, 0.4) is 0 Å². The number of H-pyrrole nitrogens is 1. The Hall–Kier alpha value is -2.57. The fourth-order valence-corrected chi connectivity index (χ4v) is 2.90.